The van der Waals surface area contributed by atoms with Crippen molar-refractivity contribution in [1.29, 1.82) is 0 Å². The highest BCUT2D eigenvalue weighted by atomic mass is 16.3. The van der Waals surface area contributed by atoms with Crippen LogP contribution in [-0.2, 0) is 0 Å². The van der Waals surface area contributed by atoms with Crippen LogP contribution in [-0.4, -0.2) is 23.9 Å². The van der Waals surface area contributed by atoms with Gasteiger partial charge in [0.25, 0.3) is 0 Å². The van der Waals surface area contributed by atoms with E-state index in [0.29, 0.717) is 0 Å². The zero-order valence-electron chi connectivity index (χ0n) is 24.0. The standard InChI is InChI=1S/C39H23N5O/c1-3-23-27-19-22(17-18-26(27)39-42-30-13-7-9-15-33(30)44(39)31(23)4-2)43-32-14-8-5-11-24(32)28-20-41-36-35(37(28)43)40-21-29-25-12-6-10-16-34(25)45-38(29)36/h3-21H,1-2H2. The van der Waals surface area contributed by atoms with Crippen LogP contribution in [0.5, 0.6) is 0 Å². The molecule has 0 radical (unpaired) electrons. The van der Waals surface area contributed by atoms with Gasteiger partial charge in [0.2, 0.25) is 0 Å². The Morgan fingerprint density at radius 3 is 2.27 bits per heavy atom. The van der Waals surface area contributed by atoms with E-state index in [2.05, 4.69) is 76.7 Å². The molecule has 0 aliphatic heterocycles. The number of hydrogen-bond donors (Lipinski definition) is 0. The molecule has 10 aromatic rings. The van der Waals surface area contributed by atoms with Gasteiger partial charge in [-0.05, 0) is 53.9 Å². The summed E-state index contributed by atoms with van der Waals surface area (Å²) in [5.41, 5.74) is 11.0. The summed E-state index contributed by atoms with van der Waals surface area (Å²) in [5.74, 6) is 0. The molecule has 6 heteroatoms. The molecule has 0 fully saturated rings. The molecule has 0 spiro atoms. The predicted molar refractivity (Wildman–Crippen MR) is 185 cm³/mol. The highest BCUT2D eigenvalue weighted by Gasteiger charge is 2.21. The number of rotatable bonds is 3. The van der Waals surface area contributed by atoms with Gasteiger partial charge in [-0.1, -0.05) is 67.8 Å². The summed E-state index contributed by atoms with van der Waals surface area (Å²) in [7, 11) is 0. The van der Waals surface area contributed by atoms with E-state index in [1.54, 1.807) is 0 Å². The molecule has 0 aliphatic carbocycles. The van der Waals surface area contributed by atoms with Crippen molar-refractivity contribution in [3.8, 4) is 5.69 Å². The second kappa shape index (κ2) is 8.65. The van der Waals surface area contributed by atoms with Gasteiger partial charge in [0, 0.05) is 50.6 Å². The van der Waals surface area contributed by atoms with E-state index in [1.165, 1.54) is 0 Å². The SMILES string of the molecule is C=Cc1c(C=C)n2c3ccccc3nc2c2ccc(-n3c4ccccc4c4cnc5c(ncc6c7ccccc7oc65)c43)cc12. The normalized spacial score (nSPS) is 12.2. The molecule has 45 heavy (non-hydrogen) atoms. The molecular weight excluding hydrogens is 554 g/mol. The Balaban J connectivity index is 1.35. The summed E-state index contributed by atoms with van der Waals surface area (Å²) in [6.45, 7) is 8.41. The van der Waals surface area contributed by atoms with Crippen LogP contribution in [0, 0.1) is 0 Å². The van der Waals surface area contributed by atoms with E-state index in [0.717, 1.165) is 99.2 Å². The third-order valence-corrected chi connectivity index (χ3v) is 9.12. The van der Waals surface area contributed by atoms with E-state index < -0.39 is 0 Å². The maximum Gasteiger partial charge on any atom is 0.164 e. The lowest BCUT2D eigenvalue weighted by atomic mass is 10.0. The summed E-state index contributed by atoms with van der Waals surface area (Å²) in [5, 5.41) is 6.24. The minimum Gasteiger partial charge on any atom is -0.454 e. The van der Waals surface area contributed by atoms with Gasteiger partial charge in [-0.3, -0.25) is 9.38 Å². The van der Waals surface area contributed by atoms with E-state index in [1.807, 2.05) is 60.9 Å². The minimum absolute atomic E-state index is 0.743. The van der Waals surface area contributed by atoms with Crippen molar-refractivity contribution in [3.63, 3.8) is 0 Å². The number of pyridine rings is 3. The average Bonchev–Trinajstić information content (AvgIpc) is 3.77. The Kier molecular flexibility index (Phi) is 4.65. The fraction of sp³-hybridized carbons (Fsp3) is 0. The van der Waals surface area contributed by atoms with Gasteiger partial charge >= 0.3 is 0 Å². The molecule has 0 atom stereocenters. The molecule has 4 aromatic carbocycles. The zero-order chi connectivity index (χ0) is 29.8. The third-order valence-electron chi connectivity index (χ3n) is 9.12. The van der Waals surface area contributed by atoms with E-state index >= 15 is 0 Å². The number of imidazole rings is 1. The Morgan fingerprint density at radius 2 is 1.40 bits per heavy atom. The van der Waals surface area contributed by atoms with Crippen molar-refractivity contribution < 1.29 is 4.42 Å². The van der Waals surface area contributed by atoms with Crippen LogP contribution < -0.4 is 0 Å². The van der Waals surface area contributed by atoms with Crippen molar-refractivity contribution in [2.24, 2.45) is 0 Å². The quantitative estimate of drug-likeness (QED) is 0.210. The Labute approximate surface area is 255 Å². The van der Waals surface area contributed by atoms with E-state index in [-0.39, 0.29) is 0 Å². The number of nitrogens with zero attached hydrogens (tertiary/aromatic N) is 5. The fourth-order valence-electron chi connectivity index (χ4n) is 7.20. The van der Waals surface area contributed by atoms with Crippen molar-refractivity contribution >= 4 is 94.4 Å². The number of aromatic nitrogens is 5. The lowest BCUT2D eigenvalue weighted by Gasteiger charge is -2.15. The molecule has 10 rings (SSSR count). The van der Waals surface area contributed by atoms with Gasteiger partial charge in [-0.2, -0.15) is 0 Å². The zero-order valence-corrected chi connectivity index (χ0v) is 24.0. The van der Waals surface area contributed by atoms with Gasteiger partial charge in [-0.15, -0.1) is 0 Å². The molecule has 0 saturated carbocycles. The van der Waals surface area contributed by atoms with Crippen LogP contribution in [0.15, 0.2) is 121 Å². The average molecular weight is 578 g/mol. The molecule has 0 aliphatic rings. The molecular formula is C39H23N5O. The third kappa shape index (κ3) is 3.05. The molecule has 0 amide bonds. The maximum absolute atomic E-state index is 6.37. The van der Waals surface area contributed by atoms with Crippen LogP contribution in [0.1, 0.15) is 11.3 Å². The molecule has 0 unspecified atom stereocenters. The first-order valence-electron chi connectivity index (χ1n) is 14.9. The topological polar surface area (TPSA) is 61.2 Å². The second-order valence-corrected chi connectivity index (χ2v) is 11.4. The number of fused-ring (bicyclic) bond motifs is 14. The first kappa shape index (κ1) is 24.2. The second-order valence-electron chi connectivity index (χ2n) is 11.4. The summed E-state index contributed by atoms with van der Waals surface area (Å²) in [6, 6.07) is 31.3. The van der Waals surface area contributed by atoms with E-state index in [9.17, 15) is 0 Å². The van der Waals surface area contributed by atoms with Gasteiger partial charge < -0.3 is 8.98 Å². The maximum atomic E-state index is 6.37. The van der Waals surface area contributed by atoms with Gasteiger partial charge in [0.15, 0.2) is 5.58 Å². The van der Waals surface area contributed by atoms with Crippen molar-refractivity contribution in [3.05, 3.63) is 128 Å². The summed E-state index contributed by atoms with van der Waals surface area (Å²) < 4.78 is 10.9. The fourth-order valence-corrected chi connectivity index (χ4v) is 7.20. The Hall–Kier alpha value is -6.27. The highest BCUT2D eigenvalue weighted by Crippen LogP contribution is 2.40. The number of para-hydroxylation sites is 4. The van der Waals surface area contributed by atoms with Crippen LogP contribution in [0.25, 0.3) is 100 Å². The highest BCUT2D eigenvalue weighted by molar-refractivity contribution is 6.21. The molecule has 6 heterocycles. The van der Waals surface area contributed by atoms with Gasteiger partial charge in [-0.25, -0.2) is 9.97 Å². The molecule has 0 bridgehead atoms. The van der Waals surface area contributed by atoms with E-state index in [4.69, 9.17) is 19.4 Å². The smallest absolute Gasteiger partial charge is 0.164 e. The van der Waals surface area contributed by atoms with Crippen LogP contribution in [0.2, 0.25) is 0 Å². The van der Waals surface area contributed by atoms with Crippen LogP contribution in [0.4, 0.5) is 0 Å². The predicted octanol–water partition coefficient (Wildman–Crippen LogP) is 9.87. The lowest BCUT2D eigenvalue weighted by Crippen LogP contribution is -2.00. The van der Waals surface area contributed by atoms with Crippen molar-refractivity contribution in [2.45, 2.75) is 0 Å². The van der Waals surface area contributed by atoms with Gasteiger partial charge in [0.05, 0.1) is 27.8 Å². The largest absolute Gasteiger partial charge is 0.454 e. The van der Waals surface area contributed by atoms with Crippen molar-refractivity contribution in [1.82, 2.24) is 23.9 Å². The minimum atomic E-state index is 0.743. The summed E-state index contributed by atoms with van der Waals surface area (Å²) in [4.78, 5) is 15.0. The Morgan fingerprint density at radius 1 is 0.644 bits per heavy atom. The molecule has 210 valence electrons. The first-order chi connectivity index (χ1) is 22.2. The monoisotopic (exact) mass is 577 g/mol. The lowest BCUT2D eigenvalue weighted by molar-refractivity contribution is 0.671. The first-order valence-corrected chi connectivity index (χ1v) is 14.9. The van der Waals surface area contributed by atoms with Crippen LogP contribution in [0.3, 0.4) is 0 Å². The summed E-state index contributed by atoms with van der Waals surface area (Å²) in [6.07, 6.45) is 7.68. The number of furan rings is 1. The van der Waals surface area contributed by atoms with Gasteiger partial charge in [0.1, 0.15) is 22.3 Å². The molecule has 0 N–H and O–H groups in total. The molecule has 0 saturated heterocycles. The van der Waals surface area contributed by atoms with Crippen molar-refractivity contribution in [2.75, 3.05) is 0 Å². The molecule has 6 nitrogen and oxygen atoms in total. The molecule has 6 aromatic heterocycles. The number of hydrogen-bond acceptors (Lipinski definition) is 4. The number of benzene rings is 4. The Bertz CT molecular complexity index is 2920. The van der Waals surface area contributed by atoms with Crippen LogP contribution >= 0.6 is 0 Å². The summed E-state index contributed by atoms with van der Waals surface area (Å²) >= 11 is 0.